The molecule has 1 aromatic carbocycles. The molecule has 1 aliphatic rings. The number of furan rings is 1. The van der Waals surface area contributed by atoms with Crippen molar-refractivity contribution < 1.29 is 4.42 Å². The van der Waals surface area contributed by atoms with Crippen molar-refractivity contribution in [1.29, 1.82) is 0 Å². The van der Waals surface area contributed by atoms with Gasteiger partial charge in [-0.05, 0) is 61.1 Å². The summed E-state index contributed by atoms with van der Waals surface area (Å²) in [5.74, 6) is 1.66. The van der Waals surface area contributed by atoms with Crippen LogP contribution in [-0.4, -0.2) is 14.5 Å². The maximum atomic E-state index is 5.83. The Hall–Kier alpha value is -3.18. The van der Waals surface area contributed by atoms with E-state index in [-0.39, 0.29) is 0 Å². The SMILES string of the molecule is C[C@@H]1CCc2c(sc3nc(-c4ccc(-n5ccnc5)cc4)cc(-c4ccco4)c23)C1. The molecule has 0 saturated heterocycles. The van der Waals surface area contributed by atoms with Crippen LogP contribution in [-0.2, 0) is 12.8 Å². The lowest BCUT2D eigenvalue weighted by Crippen LogP contribution is -2.08. The summed E-state index contributed by atoms with van der Waals surface area (Å²) >= 11 is 1.86. The van der Waals surface area contributed by atoms with Crippen molar-refractivity contribution in [3.8, 4) is 28.3 Å². The molecule has 4 heterocycles. The van der Waals surface area contributed by atoms with E-state index in [4.69, 9.17) is 9.40 Å². The molecule has 1 atom stereocenters. The number of fused-ring (bicyclic) bond motifs is 3. The first-order chi connectivity index (χ1) is 14.8. The second kappa shape index (κ2) is 6.96. The van der Waals surface area contributed by atoms with Crippen molar-refractivity contribution in [1.82, 2.24) is 14.5 Å². The van der Waals surface area contributed by atoms with Crippen molar-refractivity contribution >= 4 is 21.6 Å². The first-order valence-corrected chi connectivity index (χ1v) is 11.2. The van der Waals surface area contributed by atoms with Gasteiger partial charge in [-0.1, -0.05) is 19.1 Å². The Morgan fingerprint density at radius 3 is 2.83 bits per heavy atom. The van der Waals surface area contributed by atoms with Crippen LogP contribution < -0.4 is 0 Å². The Bertz CT molecular complexity index is 1320. The van der Waals surface area contributed by atoms with Gasteiger partial charge in [0.1, 0.15) is 10.6 Å². The van der Waals surface area contributed by atoms with Crippen LogP contribution >= 0.6 is 11.3 Å². The average molecular weight is 412 g/mol. The molecule has 0 bridgehead atoms. The van der Waals surface area contributed by atoms with Crippen molar-refractivity contribution in [3.63, 3.8) is 0 Å². The standard InChI is InChI=1S/C25H21N3OS/c1-16-4-9-19-23(13-16)30-25-24(19)20(22-3-2-12-29-22)14-21(27-25)17-5-7-18(8-6-17)28-11-10-26-15-28/h2-3,5-8,10-12,14-16H,4,9,13H2,1H3/t16-/m1/s1. The molecule has 0 amide bonds. The number of rotatable bonds is 3. The Morgan fingerprint density at radius 2 is 2.07 bits per heavy atom. The molecule has 148 valence electrons. The molecule has 0 N–H and O–H groups in total. The van der Waals surface area contributed by atoms with Crippen LogP contribution in [0.1, 0.15) is 23.8 Å². The van der Waals surface area contributed by atoms with Crippen molar-refractivity contribution in [3.05, 3.63) is 77.9 Å². The highest BCUT2D eigenvalue weighted by Gasteiger charge is 2.24. The third kappa shape index (κ3) is 2.89. The summed E-state index contributed by atoms with van der Waals surface area (Å²) in [4.78, 5) is 11.8. The van der Waals surface area contributed by atoms with Gasteiger partial charge < -0.3 is 8.98 Å². The van der Waals surface area contributed by atoms with Crippen LogP contribution in [0, 0.1) is 5.92 Å². The number of thiophene rings is 1. The van der Waals surface area contributed by atoms with E-state index < -0.39 is 0 Å². The quantitative estimate of drug-likeness (QED) is 0.339. The normalized spacial score (nSPS) is 16.1. The van der Waals surface area contributed by atoms with Gasteiger partial charge in [0.2, 0.25) is 0 Å². The monoisotopic (exact) mass is 411 g/mol. The van der Waals surface area contributed by atoms with Gasteiger partial charge >= 0.3 is 0 Å². The summed E-state index contributed by atoms with van der Waals surface area (Å²) in [6.07, 6.45) is 10.8. The Morgan fingerprint density at radius 1 is 1.17 bits per heavy atom. The average Bonchev–Trinajstić information content (AvgIpc) is 3.53. The van der Waals surface area contributed by atoms with E-state index in [2.05, 4.69) is 48.3 Å². The fourth-order valence-electron chi connectivity index (χ4n) is 4.43. The molecule has 0 unspecified atom stereocenters. The van der Waals surface area contributed by atoms with Crippen LogP contribution in [0.4, 0.5) is 0 Å². The molecule has 0 aliphatic heterocycles. The number of hydrogen-bond donors (Lipinski definition) is 0. The highest BCUT2D eigenvalue weighted by atomic mass is 32.1. The van der Waals surface area contributed by atoms with Crippen LogP contribution in [0.3, 0.4) is 0 Å². The molecule has 6 rings (SSSR count). The number of pyridine rings is 1. The minimum absolute atomic E-state index is 0.743. The minimum Gasteiger partial charge on any atom is -0.464 e. The van der Waals surface area contributed by atoms with E-state index in [0.717, 1.165) is 51.9 Å². The number of aromatic nitrogens is 3. The molecule has 4 aromatic heterocycles. The zero-order valence-electron chi connectivity index (χ0n) is 16.7. The predicted octanol–water partition coefficient (Wildman–Crippen LogP) is 6.53. The van der Waals surface area contributed by atoms with Crippen molar-refractivity contribution in [2.75, 3.05) is 0 Å². The molecule has 4 nitrogen and oxygen atoms in total. The highest BCUT2D eigenvalue weighted by Crippen LogP contribution is 2.43. The van der Waals surface area contributed by atoms with E-state index in [1.54, 1.807) is 12.5 Å². The third-order valence-corrected chi connectivity index (χ3v) is 7.17. The van der Waals surface area contributed by atoms with Gasteiger partial charge in [-0.2, -0.15) is 0 Å². The molecule has 0 radical (unpaired) electrons. The molecule has 5 aromatic rings. The summed E-state index contributed by atoms with van der Waals surface area (Å²) in [6.45, 7) is 2.35. The molecule has 0 spiro atoms. The second-order valence-corrected chi connectivity index (χ2v) is 9.16. The summed E-state index contributed by atoms with van der Waals surface area (Å²) in [7, 11) is 0. The van der Waals surface area contributed by atoms with E-state index >= 15 is 0 Å². The molecule has 0 saturated carbocycles. The Kier molecular flexibility index (Phi) is 4.09. The Labute approximate surface area is 178 Å². The fourth-order valence-corrected chi connectivity index (χ4v) is 5.84. The number of imidazole rings is 1. The number of hydrogen-bond acceptors (Lipinski definition) is 4. The Balaban J connectivity index is 1.52. The first kappa shape index (κ1) is 17.7. The summed E-state index contributed by atoms with van der Waals surface area (Å²) < 4.78 is 7.84. The van der Waals surface area contributed by atoms with Crippen LogP contribution in [0.25, 0.3) is 38.5 Å². The van der Waals surface area contributed by atoms with Crippen molar-refractivity contribution in [2.45, 2.75) is 26.2 Å². The van der Waals surface area contributed by atoms with Gasteiger partial charge in [-0.3, -0.25) is 0 Å². The lowest BCUT2D eigenvalue weighted by atomic mass is 9.88. The number of nitrogens with zero attached hydrogens (tertiary/aromatic N) is 3. The van der Waals surface area contributed by atoms with Gasteiger partial charge in [0.05, 0.1) is 18.3 Å². The molecule has 1 aliphatic carbocycles. The van der Waals surface area contributed by atoms with E-state index in [1.165, 1.54) is 22.2 Å². The predicted molar refractivity (Wildman–Crippen MR) is 121 cm³/mol. The number of aryl methyl sites for hydroxylation is 1. The highest BCUT2D eigenvalue weighted by molar-refractivity contribution is 7.19. The lowest BCUT2D eigenvalue weighted by molar-refractivity contribution is 0.509. The number of benzene rings is 1. The van der Waals surface area contributed by atoms with Crippen LogP contribution in [0.2, 0.25) is 0 Å². The van der Waals surface area contributed by atoms with Gasteiger partial charge in [-0.25, -0.2) is 9.97 Å². The van der Waals surface area contributed by atoms with Gasteiger partial charge in [0.15, 0.2) is 0 Å². The summed E-state index contributed by atoms with van der Waals surface area (Å²) in [6, 6.07) is 14.7. The molecule has 5 heteroatoms. The topological polar surface area (TPSA) is 43.9 Å². The lowest BCUT2D eigenvalue weighted by Gasteiger charge is -2.18. The third-order valence-electron chi connectivity index (χ3n) is 6.02. The first-order valence-electron chi connectivity index (χ1n) is 10.3. The van der Waals surface area contributed by atoms with E-state index in [9.17, 15) is 0 Å². The van der Waals surface area contributed by atoms with E-state index in [0.29, 0.717) is 0 Å². The summed E-state index contributed by atoms with van der Waals surface area (Å²) in [5.41, 5.74) is 5.81. The minimum atomic E-state index is 0.743. The zero-order chi connectivity index (χ0) is 20.1. The maximum absolute atomic E-state index is 5.83. The van der Waals surface area contributed by atoms with E-state index in [1.807, 2.05) is 34.5 Å². The van der Waals surface area contributed by atoms with Crippen LogP contribution in [0.15, 0.2) is 71.9 Å². The molecule has 30 heavy (non-hydrogen) atoms. The molecular weight excluding hydrogens is 390 g/mol. The van der Waals surface area contributed by atoms with Gasteiger partial charge in [0.25, 0.3) is 0 Å². The summed E-state index contributed by atoms with van der Waals surface area (Å²) in [5, 5.41) is 1.29. The molecule has 0 fully saturated rings. The second-order valence-electron chi connectivity index (χ2n) is 8.08. The largest absolute Gasteiger partial charge is 0.464 e. The van der Waals surface area contributed by atoms with Crippen LogP contribution in [0.5, 0.6) is 0 Å². The fraction of sp³-hybridized carbons (Fsp3) is 0.200. The maximum Gasteiger partial charge on any atom is 0.134 e. The van der Waals surface area contributed by atoms with Gasteiger partial charge in [-0.15, -0.1) is 11.3 Å². The molecular formula is C25H21N3OS. The zero-order valence-corrected chi connectivity index (χ0v) is 17.5. The van der Waals surface area contributed by atoms with Gasteiger partial charge in [0, 0.05) is 39.5 Å². The smallest absolute Gasteiger partial charge is 0.134 e. The van der Waals surface area contributed by atoms with Crippen molar-refractivity contribution in [2.24, 2.45) is 5.92 Å².